The number of amides is 1. The average Bonchev–Trinajstić information content (AvgIpc) is 3.19. The van der Waals surface area contributed by atoms with Crippen LogP contribution in [0.2, 0.25) is 0 Å². The molecule has 3 heterocycles. The van der Waals surface area contributed by atoms with E-state index in [4.69, 9.17) is 4.74 Å². The first-order chi connectivity index (χ1) is 19.5. The minimum atomic E-state index is -1.66. The SMILES string of the molecule is COC(=O)C12CCCC(Nc3cc(-c4ccc5cc(C#N)cnn45)ncc3C(=O)NC[C@@H](F)C(C)(C)O)(CC1)CC2. The summed E-state index contributed by atoms with van der Waals surface area (Å²) in [4.78, 5) is 30.5. The molecular formula is C30H35FN6O4. The van der Waals surface area contributed by atoms with Crippen LogP contribution in [0.4, 0.5) is 10.1 Å². The molecule has 3 N–H and O–H groups in total. The molecule has 0 saturated heterocycles. The summed E-state index contributed by atoms with van der Waals surface area (Å²) in [6.45, 7) is 2.35. The number of pyridine rings is 1. The van der Waals surface area contributed by atoms with Crippen molar-refractivity contribution >= 4 is 23.1 Å². The maximum atomic E-state index is 14.4. The first-order valence-corrected chi connectivity index (χ1v) is 13.9. The van der Waals surface area contributed by atoms with E-state index < -0.39 is 23.1 Å². The van der Waals surface area contributed by atoms with E-state index in [-0.39, 0.29) is 23.6 Å². The number of hydrogen-bond acceptors (Lipinski definition) is 8. The fraction of sp³-hybridized carbons (Fsp3) is 0.500. The fourth-order valence-corrected chi connectivity index (χ4v) is 6.13. The van der Waals surface area contributed by atoms with Gasteiger partial charge in [-0.2, -0.15) is 10.4 Å². The van der Waals surface area contributed by atoms with E-state index >= 15 is 0 Å². The number of fused-ring (bicyclic) bond motifs is 5. The molecule has 3 aromatic heterocycles. The van der Waals surface area contributed by atoms with Crippen molar-refractivity contribution in [3.8, 4) is 17.5 Å². The van der Waals surface area contributed by atoms with Crippen LogP contribution in [-0.4, -0.2) is 62.5 Å². The number of anilines is 1. The van der Waals surface area contributed by atoms with Gasteiger partial charge in [0.2, 0.25) is 0 Å². The highest BCUT2D eigenvalue weighted by molar-refractivity contribution is 6.00. The van der Waals surface area contributed by atoms with Crippen LogP contribution in [0.1, 0.15) is 74.7 Å². The number of ether oxygens (including phenoxy) is 1. The minimum Gasteiger partial charge on any atom is -0.469 e. The fourth-order valence-electron chi connectivity index (χ4n) is 6.13. The lowest BCUT2D eigenvalue weighted by molar-refractivity contribution is -0.155. The molecule has 11 heteroatoms. The van der Waals surface area contributed by atoms with Gasteiger partial charge >= 0.3 is 5.97 Å². The van der Waals surface area contributed by atoms with Gasteiger partial charge in [-0.15, -0.1) is 0 Å². The van der Waals surface area contributed by atoms with Crippen LogP contribution in [0.5, 0.6) is 0 Å². The molecule has 0 spiro atoms. The smallest absolute Gasteiger partial charge is 0.311 e. The van der Waals surface area contributed by atoms with Crippen LogP contribution >= 0.6 is 0 Å². The highest BCUT2D eigenvalue weighted by atomic mass is 19.1. The molecule has 2 bridgehead atoms. The lowest BCUT2D eigenvalue weighted by Gasteiger charge is -2.42. The number of carbonyl (C=O) groups excluding carboxylic acids is 2. The zero-order chi connectivity index (χ0) is 29.4. The topological polar surface area (TPSA) is 142 Å². The second-order valence-electron chi connectivity index (χ2n) is 11.9. The Labute approximate surface area is 237 Å². The number of nitriles is 1. The molecule has 3 fully saturated rings. The van der Waals surface area contributed by atoms with Crippen molar-refractivity contribution in [2.75, 3.05) is 19.0 Å². The van der Waals surface area contributed by atoms with Gasteiger partial charge in [-0.3, -0.25) is 14.6 Å². The number of alkyl halides is 1. The lowest BCUT2D eigenvalue weighted by atomic mass is 9.68. The van der Waals surface area contributed by atoms with Crippen LogP contribution in [-0.2, 0) is 9.53 Å². The molecule has 0 aliphatic heterocycles. The van der Waals surface area contributed by atoms with Crippen LogP contribution in [0.15, 0.2) is 36.7 Å². The number of nitrogens with one attached hydrogen (secondary N) is 2. The van der Waals surface area contributed by atoms with Crippen molar-refractivity contribution < 1.29 is 23.8 Å². The summed E-state index contributed by atoms with van der Waals surface area (Å²) >= 11 is 0. The molecule has 3 aliphatic rings. The number of carbonyl (C=O) groups is 2. The number of rotatable bonds is 8. The number of esters is 1. The third-order valence-corrected chi connectivity index (χ3v) is 8.74. The first-order valence-electron chi connectivity index (χ1n) is 13.9. The van der Waals surface area contributed by atoms with E-state index in [9.17, 15) is 24.3 Å². The summed E-state index contributed by atoms with van der Waals surface area (Å²) in [5, 5.41) is 29.8. The van der Waals surface area contributed by atoms with Gasteiger partial charge in [0.15, 0.2) is 0 Å². The van der Waals surface area contributed by atoms with Crippen molar-refractivity contribution in [1.82, 2.24) is 19.9 Å². The molecule has 3 saturated carbocycles. The molecule has 0 aromatic carbocycles. The van der Waals surface area contributed by atoms with Crippen molar-refractivity contribution in [3.63, 3.8) is 0 Å². The van der Waals surface area contributed by atoms with E-state index in [0.717, 1.165) is 37.6 Å². The molecule has 0 radical (unpaired) electrons. The third kappa shape index (κ3) is 5.48. The van der Waals surface area contributed by atoms with Crippen LogP contribution < -0.4 is 10.6 Å². The highest BCUT2D eigenvalue weighted by Crippen LogP contribution is 2.51. The number of aromatic nitrogens is 3. The van der Waals surface area contributed by atoms with Crippen molar-refractivity contribution in [2.24, 2.45) is 5.41 Å². The summed E-state index contributed by atoms with van der Waals surface area (Å²) in [6, 6.07) is 9.30. The third-order valence-electron chi connectivity index (χ3n) is 8.74. The maximum absolute atomic E-state index is 14.4. The van der Waals surface area contributed by atoms with Gasteiger partial charge in [-0.25, -0.2) is 8.91 Å². The van der Waals surface area contributed by atoms with Crippen molar-refractivity contribution in [2.45, 2.75) is 76.1 Å². The summed E-state index contributed by atoms with van der Waals surface area (Å²) < 4.78 is 21.3. The second-order valence-corrected chi connectivity index (χ2v) is 11.9. The predicted octanol–water partition coefficient (Wildman–Crippen LogP) is 4.17. The highest BCUT2D eigenvalue weighted by Gasteiger charge is 2.50. The molecule has 6 rings (SSSR count). The van der Waals surface area contributed by atoms with Crippen LogP contribution in [0.25, 0.3) is 16.9 Å². The van der Waals surface area contributed by atoms with E-state index in [1.165, 1.54) is 33.4 Å². The average molecular weight is 563 g/mol. The number of hydrogen-bond donors (Lipinski definition) is 3. The van der Waals surface area contributed by atoms with Gasteiger partial charge in [0.25, 0.3) is 5.91 Å². The molecule has 1 amide bonds. The number of nitrogens with zero attached hydrogens (tertiary/aromatic N) is 4. The quantitative estimate of drug-likeness (QED) is 0.347. The van der Waals surface area contributed by atoms with Crippen molar-refractivity contribution in [3.05, 3.63) is 47.8 Å². The molecule has 1 atom stereocenters. The number of methoxy groups -OCH3 is 1. The number of halogens is 1. The summed E-state index contributed by atoms with van der Waals surface area (Å²) in [5.74, 6) is -0.668. The van der Waals surface area contributed by atoms with E-state index in [0.29, 0.717) is 35.5 Å². The Bertz CT molecular complexity index is 1510. The Morgan fingerprint density at radius 1 is 1.20 bits per heavy atom. The first kappa shape index (κ1) is 28.5. The Balaban J connectivity index is 1.49. The van der Waals surface area contributed by atoms with E-state index in [1.54, 1.807) is 16.6 Å². The Kier molecular flexibility index (Phi) is 7.46. The second kappa shape index (κ2) is 10.7. The Hall–Kier alpha value is -4.04. The van der Waals surface area contributed by atoms with Gasteiger partial charge in [-0.05, 0) is 83.1 Å². The monoisotopic (exact) mass is 562 g/mol. The summed E-state index contributed by atoms with van der Waals surface area (Å²) in [5.41, 5.74) is 0.801. The van der Waals surface area contributed by atoms with E-state index in [1.807, 2.05) is 12.1 Å². The van der Waals surface area contributed by atoms with Crippen molar-refractivity contribution in [1.29, 1.82) is 5.26 Å². The van der Waals surface area contributed by atoms with Gasteiger partial charge in [0.05, 0.1) is 64.6 Å². The summed E-state index contributed by atoms with van der Waals surface area (Å²) in [7, 11) is 1.44. The van der Waals surface area contributed by atoms with Crippen LogP contribution in [0.3, 0.4) is 0 Å². The molecule has 3 aromatic rings. The molecule has 0 unspecified atom stereocenters. The number of aliphatic hydroxyl groups is 1. The molecule has 216 valence electrons. The zero-order valence-electron chi connectivity index (χ0n) is 23.5. The van der Waals surface area contributed by atoms with Crippen LogP contribution in [0, 0.1) is 16.7 Å². The normalized spacial score (nSPS) is 22.9. The lowest BCUT2D eigenvalue weighted by Crippen LogP contribution is -2.45. The van der Waals surface area contributed by atoms with Gasteiger partial charge < -0.3 is 20.5 Å². The van der Waals surface area contributed by atoms with Gasteiger partial charge in [0, 0.05) is 11.7 Å². The Morgan fingerprint density at radius 2 is 1.95 bits per heavy atom. The Morgan fingerprint density at radius 3 is 2.63 bits per heavy atom. The standard InChI is InChI=1S/C30H35FN6O4/c1-28(2,40)25(31)18-34-26(38)21-17-33-23(24-6-5-20-13-19(15-32)16-35-37(20)24)14-22(21)36-30-8-4-7-29(9-11-30,10-12-30)27(39)41-3/h5-6,13-14,16-17,25,40H,4,7-12,18H2,1-3H3,(H,33,36)(H,34,38)/t25-,29?,30?/m1/s1. The maximum Gasteiger partial charge on any atom is 0.311 e. The predicted molar refractivity (Wildman–Crippen MR) is 150 cm³/mol. The molecular weight excluding hydrogens is 527 g/mol. The van der Waals surface area contributed by atoms with Gasteiger partial charge in [-0.1, -0.05) is 0 Å². The molecule has 3 aliphatic carbocycles. The minimum absolute atomic E-state index is 0.154. The molecule has 10 nitrogen and oxygen atoms in total. The zero-order valence-corrected chi connectivity index (χ0v) is 23.5. The largest absolute Gasteiger partial charge is 0.469 e. The summed E-state index contributed by atoms with van der Waals surface area (Å²) in [6.07, 6.45) is 6.56. The van der Waals surface area contributed by atoms with Gasteiger partial charge in [0.1, 0.15) is 12.2 Å². The van der Waals surface area contributed by atoms with E-state index in [2.05, 4.69) is 26.8 Å². The molecule has 41 heavy (non-hydrogen) atoms.